The molecule has 4 rings (SSSR count). The number of methoxy groups -OCH3 is 1. The molecule has 1 fully saturated rings. The highest BCUT2D eigenvalue weighted by molar-refractivity contribution is 6.22. The molecule has 2 amide bonds. The Morgan fingerprint density at radius 1 is 1.11 bits per heavy atom. The van der Waals surface area contributed by atoms with Crippen LogP contribution in [0.1, 0.15) is 43.9 Å². The lowest BCUT2D eigenvalue weighted by molar-refractivity contribution is 0.0475. The molecule has 2 heterocycles. The zero-order chi connectivity index (χ0) is 19.7. The third-order valence-corrected chi connectivity index (χ3v) is 4.87. The van der Waals surface area contributed by atoms with E-state index in [0.717, 1.165) is 12.8 Å². The monoisotopic (exact) mass is 381 g/mol. The normalized spacial score (nSPS) is 18.3. The minimum atomic E-state index is -0.617. The molecular formula is C21H19NO6. The van der Waals surface area contributed by atoms with E-state index in [0.29, 0.717) is 23.7 Å². The fraction of sp³-hybridized carbons (Fsp3) is 0.286. The smallest absolute Gasteiger partial charge is 0.343 e. The van der Waals surface area contributed by atoms with E-state index in [2.05, 4.69) is 0 Å². The Balaban J connectivity index is 1.53. The van der Waals surface area contributed by atoms with Crippen molar-refractivity contribution < 1.29 is 28.6 Å². The number of rotatable bonds is 5. The van der Waals surface area contributed by atoms with Crippen LogP contribution in [0.4, 0.5) is 0 Å². The number of fused-ring (bicyclic) bond motifs is 1. The van der Waals surface area contributed by atoms with Crippen molar-refractivity contribution in [2.24, 2.45) is 0 Å². The van der Waals surface area contributed by atoms with Gasteiger partial charge in [-0.15, -0.1) is 0 Å². The van der Waals surface area contributed by atoms with Crippen LogP contribution < -0.4 is 9.47 Å². The molecule has 2 aromatic carbocycles. The standard InChI is InChI=1S/C21H19NO6/c1-26-14-4-2-5-15(11-14)28-21(25)13-7-8-17-18(10-13)20(24)22(19(17)23)12-16-6-3-9-27-16/h2,4-5,7-8,10-11,16H,3,6,9,12H2,1H3/t16-/m1/s1. The summed E-state index contributed by atoms with van der Waals surface area (Å²) < 4.78 is 16.0. The molecule has 0 radical (unpaired) electrons. The summed E-state index contributed by atoms with van der Waals surface area (Å²) in [6.07, 6.45) is 1.62. The topological polar surface area (TPSA) is 82.1 Å². The summed E-state index contributed by atoms with van der Waals surface area (Å²) in [5, 5.41) is 0. The molecule has 0 spiro atoms. The van der Waals surface area contributed by atoms with Crippen LogP contribution in [0.15, 0.2) is 42.5 Å². The molecule has 2 aliphatic heterocycles. The van der Waals surface area contributed by atoms with Crippen LogP contribution in [0.2, 0.25) is 0 Å². The predicted octanol–water partition coefficient (Wildman–Crippen LogP) is 2.69. The summed E-state index contributed by atoms with van der Waals surface area (Å²) in [5.74, 6) is -0.499. The first-order valence-corrected chi connectivity index (χ1v) is 9.05. The van der Waals surface area contributed by atoms with E-state index in [1.165, 1.54) is 30.2 Å². The van der Waals surface area contributed by atoms with E-state index < -0.39 is 11.9 Å². The van der Waals surface area contributed by atoms with Crippen molar-refractivity contribution in [2.75, 3.05) is 20.3 Å². The minimum Gasteiger partial charge on any atom is -0.497 e. The molecule has 7 nitrogen and oxygen atoms in total. The molecule has 0 bridgehead atoms. The first kappa shape index (κ1) is 18.2. The molecule has 0 aliphatic carbocycles. The second-order valence-corrected chi connectivity index (χ2v) is 6.68. The van der Waals surface area contributed by atoms with Gasteiger partial charge in [-0.2, -0.15) is 0 Å². The number of nitrogens with zero attached hydrogens (tertiary/aromatic N) is 1. The van der Waals surface area contributed by atoms with Crippen molar-refractivity contribution in [1.82, 2.24) is 4.90 Å². The quantitative estimate of drug-likeness (QED) is 0.450. The summed E-state index contributed by atoms with van der Waals surface area (Å²) >= 11 is 0. The van der Waals surface area contributed by atoms with E-state index in [4.69, 9.17) is 14.2 Å². The number of benzene rings is 2. The number of carbonyl (C=O) groups is 3. The highest BCUT2D eigenvalue weighted by atomic mass is 16.5. The molecular weight excluding hydrogens is 362 g/mol. The second-order valence-electron chi connectivity index (χ2n) is 6.68. The van der Waals surface area contributed by atoms with Crippen LogP contribution in [-0.4, -0.2) is 49.0 Å². The molecule has 2 aromatic rings. The number of imide groups is 1. The van der Waals surface area contributed by atoms with Gasteiger partial charge in [0.2, 0.25) is 0 Å². The summed E-state index contributed by atoms with van der Waals surface area (Å²) in [7, 11) is 1.52. The Hall–Kier alpha value is -3.19. The van der Waals surface area contributed by atoms with Gasteiger partial charge in [0.1, 0.15) is 11.5 Å². The molecule has 144 valence electrons. The molecule has 7 heteroatoms. The Kier molecular flexibility index (Phi) is 4.83. The fourth-order valence-corrected chi connectivity index (χ4v) is 3.41. The second kappa shape index (κ2) is 7.44. The molecule has 0 unspecified atom stereocenters. The number of esters is 1. The summed E-state index contributed by atoms with van der Waals surface area (Å²) in [4.78, 5) is 38.9. The predicted molar refractivity (Wildman–Crippen MR) is 98.7 cm³/mol. The summed E-state index contributed by atoms with van der Waals surface area (Å²) in [6.45, 7) is 0.879. The number of carbonyl (C=O) groups excluding carboxylic acids is 3. The maximum atomic E-state index is 12.7. The molecule has 1 atom stereocenters. The fourth-order valence-electron chi connectivity index (χ4n) is 3.41. The highest BCUT2D eigenvalue weighted by Gasteiger charge is 2.38. The third kappa shape index (κ3) is 3.36. The lowest BCUT2D eigenvalue weighted by atomic mass is 10.1. The zero-order valence-corrected chi connectivity index (χ0v) is 15.3. The van der Waals surface area contributed by atoms with Crippen molar-refractivity contribution >= 4 is 17.8 Å². The van der Waals surface area contributed by atoms with Crippen molar-refractivity contribution in [3.05, 3.63) is 59.2 Å². The molecule has 0 saturated carbocycles. The van der Waals surface area contributed by atoms with Crippen LogP contribution in [0, 0.1) is 0 Å². The van der Waals surface area contributed by atoms with Gasteiger partial charge in [0.15, 0.2) is 0 Å². The summed E-state index contributed by atoms with van der Waals surface area (Å²) in [6, 6.07) is 11.0. The van der Waals surface area contributed by atoms with Crippen molar-refractivity contribution in [1.29, 1.82) is 0 Å². The van der Waals surface area contributed by atoms with Gasteiger partial charge in [0.05, 0.1) is 36.4 Å². The first-order chi connectivity index (χ1) is 13.6. The van der Waals surface area contributed by atoms with E-state index in [1.54, 1.807) is 24.3 Å². The Morgan fingerprint density at radius 3 is 2.64 bits per heavy atom. The van der Waals surface area contributed by atoms with Gasteiger partial charge < -0.3 is 14.2 Å². The van der Waals surface area contributed by atoms with Crippen molar-refractivity contribution in [3.8, 4) is 11.5 Å². The van der Waals surface area contributed by atoms with Gasteiger partial charge in [-0.05, 0) is 43.2 Å². The first-order valence-electron chi connectivity index (χ1n) is 9.05. The largest absolute Gasteiger partial charge is 0.497 e. The van der Waals surface area contributed by atoms with Crippen LogP contribution in [0.3, 0.4) is 0 Å². The van der Waals surface area contributed by atoms with Crippen LogP contribution in [-0.2, 0) is 4.74 Å². The lowest BCUT2D eigenvalue weighted by Gasteiger charge is -2.17. The maximum Gasteiger partial charge on any atom is 0.343 e. The molecule has 1 saturated heterocycles. The highest BCUT2D eigenvalue weighted by Crippen LogP contribution is 2.27. The number of amides is 2. The Bertz CT molecular complexity index is 948. The molecule has 0 N–H and O–H groups in total. The number of hydrogen-bond donors (Lipinski definition) is 0. The maximum absolute atomic E-state index is 12.7. The van der Waals surface area contributed by atoms with Gasteiger partial charge in [0.25, 0.3) is 11.8 Å². The van der Waals surface area contributed by atoms with Gasteiger partial charge in [0, 0.05) is 12.7 Å². The van der Waals surface area contributed by atoms with E-state index in [1.807, 2.05) is 0 Å². The zero-order valence-electron chi connectivity index (χ0n) is 15.3. The molecule has 28 heavy (non-hydrogen) atoms. The SMILES string of the molecule is COc1cccc(OC(=O)c2ccc3c(c2)C(=O)N(C[C@H]2CCCO2)C3=O)c1. The number of hydrogen-bond acceptors (Lipinski definition) is 6. The van der Waals surface area contributed by atoms with Crippen LogP contribution in [0.25, 0.3) is 0 Å². The average molecular weight is 381 g/mol. The van der Waals surface area contributed by atoms with Crippen LogP contribution >= 0.6 is 0 Å². The van der Waals surface area contributed by atoms with Crippen molar-refractivity contribution in [2.45, 2.75) is 18.9 Å². The summed E-state index contributed by atoms with van der Waals surface area (Å²) in [5.41, 5.74) is 0.700. The Labute approximate surface area is 161 Å². The van der Waals surface area contributed by atoms with E-state index in [-0.39, 0.29) is 29.7 Å². The van der Waals surface area contributed by atoms with Gasteiger partial charge in [-0.25, -0.2) is 4.79 Å². The van der Waals surface area contributed by atoms with Gasteiger partial charge in [-0.1, -0.05) is 6.07 Å². The van der Waals surface area contributed by atoms with Crippen LogP contribution in [0.5, 0.6) is 11.5 Å². The van der Waals surface area contributed by atoms with Gasteiger partial charge in [-0.3, -0.25) is 14.5 Å². The Morgan fingerprint density at radius 2 is 1.89 bits per heavy atom. The minimum absolute atomic E-state index is 0.125. The molecule has 0 aromatic heterocycles. The molecule has 2 aliphatic rings. The third-order valence-electron chi connectivity index (χ3n) is 4.87. The van der Waals surface area contributed by atoms with Crippen molar-refractivity contribution in [3.63, 3.8) is 0 Å². The average Bonchev–Trinajstić information content (AvgIpc) is 3.31. The van der Waals surface area contributed by atoms with Gasteiger partial charge >= 0.3 is 5.97 Å². The van der Waals surface area contributed by atoms with E-state index >= 15 is 0 Å². The van der Waals surface area contributed by atoms with E-state index in [9.17, 15) is 14.4 Å². The lowest BCUT2D eigenvalue weighted by Crippen LogP contribution is -2.36. The number of ether oxygens (including phenoxy) is 3.